The van der Waals surface area contributed by atoms with Crippen LogP contribution in [-0.4, -0.2) is 36.2 Å². The van der Waals surface area contributed by atoms with Gasteiger partial charge < -0.3 is 19.4 Å². The quantitative estimate of drug-likeness (QED) is 0.759. The molecule has 1 N–H and O–H groups in total. The number of para-hydroxylation sites is 1. The van der Waals surface area contributed by atoms with Crippen molar-refractivity contribution in [1.82, 2.24) is 14.9 Å². The summed E-state index contributed by atoms with van der Waals surface area (Å²) in [5, 5.41) is 2.91. The summed E-state index contributed by atoms with van der Waals surface area (Å²) in [4.78, 5) is 16.2. The molecule has 2 rings (SSSR count). The van der Waals surface area contributed by atoms with E-state index in [9.17, 15) is 4.79 Å². The molecular formula is C16H21N3O3. The summed E-state index contributed by atoms with van der Waals surface area (Å²) in [5.74, 6) is 0.856. The normalized spacial score (nSPS) is 10.3. The maximum atomic E-state index is 12.2. The van der Waals surface area contributed by atoms with Gasteiger partial charge >= 0.3 is 0 Å². The van der Waals surface area contributed by atoms with E-state index in [1.165, 1.54) is 7.11 Å². The molecule has 6 heteroatoms. The molecule has 0 spiro atoms. The Balaban J connectivity index is 1.82. The van der Waals surface area contributed by atoms with Crippen LogP contribution in [0.4, 0.5) is 0 Å². The highest BCUT2D eigenvalue weighted by Gasteiger charge is 2.15. The Morgan fingerprint density at radius 3 is 2.82 bits per heavy atom. The van der Waals surface area contributed by atoms with Crippen molar-refractivity contribution in [2.75, 3.05) is 20.8 Å². The van der Waals surface area contributed by atoms with Gasteiger partial charge in [0.2, 0.25) is 0 Å². The Morgan fingerprint density at radius 1 is 1.27 bits per heavy atom. The maximum Gasteiger partial charge on any atom is 0.255 e. The van der Waals surface area contributed by atoms with Crippen molar-refractivity contribution in [3.05, 3.63) is 42.5 Å². The summed E-state index contributed by atoms with van der Waals surface area (Å²) in [6.45, 7) is 1.52. The second-order valence-corrected chi connectivity index (χ2v) is 4.80. The molecule has 6 nitrogen and oxygen atoms in total. The van der Waals surface area contributed by atoms with Crippen LogP contribution in [0, 0.1) is 0 Å². The van der Waals surface area contributed by atoms with Crippen LogP contribution >= 0.6 is 0 Å². The van der Waals surface area contributed by atoms with E-state index in [0.29, 0.717) is 23.6 Å². The Bertz CT molecular complexity index is 597. The van der Waals surface area contributed by atoms with E-state index in [1.54, 1.807) is 37.8 Å². The van der Waals surface area contributed by atoms with E-state index >= 15 is 0 Å². The molecule has 2 aromatic rings. The van der Waals surface area contributed by atoms with Crippen LogP contribution < -0.4 is 14.8 Å². The lowest BCUT2D eigenvalue weighted by Crippen LogP contribution is -2.25. The lowest BCUT2D eigenvalue weighted by molar-refractivity contribution is 0.0949. The number of unbranched alkanes of at least 4 members (excludes halogenated alkanes) is 1. The molecular weight excluding hydrogens is 282 g/mol. The van der Waals surface area contributed by atoms with Crippen LogP contribution in [0.3, 0.4) is 0 Å². The number of benzene rings is 1. The van der Waals surface area contributed by atoms with E-state index in [4.69, 9.17) is 9.47 Å². The molecule has 0 radical (unpaired) electrons. The predicted octanol–water partition coefficient (Wildman–Crippen LogP) is 2.11. The Morgan fingerprint density at radius 2 is 2.14 bits per heavy atom. The molecule has 1 amide bonds. The smallest absolute Gasteiger partial charge is 0.255 e. The van der Waals surface area contributed by atoms with Crippen molar-refractivity contribution in [1.29, 1.82) is 0 Å². The molecule has 1 heterocycles. The van der Waals surface area contributed by atoms with Gasteiger partial charge in [-0.2, -0.15) is 0 Å². The number of nitrogens with zero attached hydrogens (tertiary/aromatic N) is 2. The lowest BCUT2D eigenvalue weighted by atomic mass is 10.1. The monoisotopic (exact) mass is 303 g/mol. The van der Waals surface area contributed by atoms with Crippen molar-refractivity contribution in [2.45, 2.75) is 19.4 Å². The molecule has 0 aliphatic carbocycles. The molecule has 118 valence electrons. The fourth-order valence-electron chi connectivity index (χ4n) is 2.20. The lowest BCUT2D eigenvalue weighted by Gasteiger charge is -2.12. The molecule has 0 saturated carbocycles. The number of methoxy groups -OCH3 is 2. The number of carbonyl (C=O) groups excluding carboxylic acids is 1. The van der Waals surface area contributed by atoms with Crippen molar-refractivity contribution in [3.8, 4) is 11.5 Å². The van der Waals surface area contributed by atoms with E-state index in [0.717, 1.165) is 19.4 Å². The molecule has 0 bridgehead atoms. The SMILES string of the molecule is COc1cccc(C(=O)NCCCCn2ccnc2)c1OC. The topological polar surface area (TPSA) is 65.4 Å². The van der Waals surface area contributed by atoms with Crippen molar-refractivity contribution in [3.63, 3.8) is 0 Å². The van der Waals surface area contributed by atoms with Gasteiger partial charge in [-0.05, 0) is 25.0 Å². The van der Waals surface area contributed by atoms with E-state index in [1.807, 2.05) is 10.8 Å². The Hall–Kier alpha value is -2.50. The number of carbonyl (C=O) groups is 1. The minimum absolute atomic E-state index is 0.154. The van der Waals surface area contributed by atoms with Gasteiger partial charge in [-0.25, -0.2) is 4.98 Å². The zero-order valence-corrected chi connectivity index (χ0v) is 12.9. The predicted molar refractivity (Wildman–Crippen MR) is 83.3 cm³/mol. The largest absolute Gasteiger partial charge is 0.493 e. The molecule has 0 fully saturated rings. The first kappa shape index (κ1) is 15.9. The molecule has 0 aliphatic rings. The zero-order chi connectivity index (χ0) is 15.8. The number of aryl methyl sites for hydroxylation is 1. The summed E-state index contributed by atoms with van der Waals surface area (Å²) in [5.41, 5.74) is 0.483. The van der Waals surface area contributed by atoms with Crippen LogP contribution in [-0.2, 0) is 6.54 Å². The molecule has 0 atom stereocenters. The van der Waals surface area contributed by atoms with Crippen molar-refractivity contribution < 1.29 is 14.3 Å². The first-order valence-corrected chi connectivity index (χ1v) is 7.21. The number of ether oxygens (including phenoxy) is 2. The van der Waals surface area contributed by atoms with Gasteiger partial charge in [-0.15, -0.1) is 0 Å². The highest BCUT2D eigenvalue weighted by molar-refractivity contribution is 5.97. The average Bonchev–Trinajstić information content (AvgIpc) is 3.06. The van der Waals surface area contributed by atoms with Crippen LogP contribution in [0.1, 0.15) is 23.2 Å². The van der Waals surface area contributed by atoms with E-state index in [2.05, 4.69) is 10.3 Å². The Labute approximate surface area is 130 Å². The standard InChI is InChI=1S/C16H21N3O3/c1-21-14-7-5-6-13(15(14)22-2)16(20)18-8-3-4-10-19-11-9-17-12-19/h5-7,9,11-12H,3-4,8,10H2,1-2H3,(H,18,20). The fourth-order valence-corrected chi connectivity index (χ4v) is 2.20. The molecule has 0 unspecified atom stereocenters. The van der Waals surface area contributed by atoms with Gasteiger partial charge in [0.05, 0.1) is 26.1 Å². The summed E-state index contributed by atoms with van der Waals surface area (Å²) < 4.78 is 12.5. The molecule has 0 saturated heterocycles. The van der Waals surface area contributed by atoms with Crippen LogP contribution in [0.25, 0.3) is 0 Å². The molecule has 1 aromatic heterocycles. The van der Waals surface area contributed by atoms with Crippen LogP contribution in [0.15, 0.2) is 36.9 Å². The van der Waals surface area contributed by atoms with Crippen molar-refractivity contribution in [2.24, 2.45) is 0 Å². The molecule has 0 aliphatic heterocycles. The van der Waals surface area contributed by atoms with Gasteiger partial charge in [0.15, 0.2) is 11.5 Å². The van der Waals surface area contributed by atoms with Gasteiger partial charge in [-0.1, -0.05) is 6.07 Å². The second kappa shape index (κ2) is 8.07. The minimum Gasteiger partial charge on any atom is -0.493 e. The van der Waals surface area contributed by atoms with Gasteiger partial charge in [-0.3, -0.25) is 4.79 Å². The maximum absolute atomic E-state index is 12.2. The molecule has 1 aromatic carbocycles. The van der Waals surface area contributed by atoms with E-state index in [-0.39, 0.29) is 5.91 Å². The number of amides is 1. The third-order valence-electron chi connectivity index (χ3n) is 3.34. The average molecular weight is 303 g/mol. The van der Waals surface area contributed by atoms with Gasteiger partial charge in [0.1, 0.15) is 0 Å². The van der Waals surface area contributed by atoms with Crippen molar-refractivity contribution >= 4 is 5.91 Å². The summed E-state index contributed by atoms with van der Waals surface area (Å²) in [6, 6.07) is 5.26. The third kappa shape index (κ3) is 4.00. The van der Waals surface area contributed by atoms with Gasteiger partial charge in [0.25, 0.3) is 5.91 Å². The summed E-state index contributed by atoms with van der Waals surface area (Å²) in [6.07, 6.45) is 7.36. The first-order chi connectivity index (χ1) is 10.8. The second-order valence-electron chi connectivity index (χ2n) is 4.80. The fraction of sp³-hybridized carbons (Fsp3) is 0.375. The summed E-state index contributed by atoms with van der Waals surface area (Å²) in [7, 11) is 3.08. The Kier molecular flexibility index (Phi) is 5.82. The van der Waals surface area contributed by atoms with Crippen LogP contribution in [0.2, 0.25) is 0 Å². The van der Waals surface area contributed by atoms with E-state index < -0.39 is 0 Å². The van der Waals surface area contributed by atoms with Gasteiger partial charge in [0, 0.05) is 25.5 Å². The number of aromatic nitrogens is 2. The van der Waals surface area contributed by atoms with Crippen LogP contribution in [0.5, 0.6) is 11.5 Å². The minimum atomic E-state index is -0.154. The number of hydrogen-bond acceptors (Lipinski definition) is 4. The number of rotatable bonds is 8. The zero-order valence-electron chi connectivity index (χ0n) is 12.9. The molecule has 22 heavy (non-hydrogen) atoms. The number of imidazole rings is 1. The number of hydrogen-bond donors (Lipinski definition) is 1. The number of nitrogens with one attached hydrogen (secondary N) is 1. The highest BCUT2D eigenvalue weighted by atomic mass is 16.5. The third-order valence-corrected chi connectivity index (χ3v) is 3.34. The first-order valence-electron chi connectivity index (χ1n) is 7.21. The highest BCUT2D eigenvalue weighted by Crippen LogP contribution is 2.30. The summed E-state index contributed by atoms with van der Waals surface area (Å²) >= 11 is 0.